The number of amides is 1. The topological polar surface area (TPSA) is 51.5 Å². The largest absolute Gasteiger partial charge is 0.493 e. The van der Waals surface area contributed by atoms with Crippen LogP contribution in [0, 0.1) is 0 Å². The standard InChI is InChI=1S/C29H29NO3/c1-5-32-27-17-28-25(26(18-33-28)22-9-7-6-8-10-22)16-24(27)20(4)15-29(31)30-23-13-11-21(12-14-23)19(2)3/h6-19H,5H2,1-4H3,(H,30,31)/b20-15+. The zero-order valence-corrected chi connectivity index (χ0v) is 19.5. The van der Waals surface area contributed by atoms with E-state index in [1.165, 1.54) is 5.56 Å². The van der Waals surface area contributed by atoms with Crippen molar-refractivity contribution in [1.82, 2.24) is 0 Å². The van der Waals surface area contributed by atoms with Crippen LogP contribution in [0.1, 0.15) is 44.7 Å². The quantitative estimate of drug-likeness (QED) is 0.301. The minimum absolute atomic E-state index is 0.178. The second-order valence-electron chi connectivity index (χ2n) is 8.39. The number of carbonyl (C=O) groups excluding carboxylic acids is 1. The molecule has 0 radical (unpaired) electrons. The molecule has 0 saturated heterocycles. The SMILES string of the molecule is CCOc1cc2occ(-c3ccccc3)c2cc1/C(C)=C/C(=O)Nc1ccc(C(C)C)cc1. The fraction of sp³-hybridized carbons (Fsp3) is 0.207. The summed E-state index contributed by atoms with van der Waals surface area (Å²) in [6.07, 6.45) is 3.38. The maximum atomic E-state index is 12.7. The van der Waals surface area contributed by atoms with E-state index in [9.17, 15) is 4.79 Å². The summed E-state index contributed by atoms with van der Waals surface area (Å²) < 4.78 is 11.7. The highest BCUT2D eigenvalue weighted by Crippen LogP contribution is 2.37. The average Bonchev–Trinajstić information content (AvgIpc) is 3.22. The fourth-order valence-corrected chi connectivity index (χ4v) is 3.88. The number of anilines is 1. The maximum absolute atomic E-state index is 12.7. The Morgan fingerprint density at radius 3 is 2.45 bits per heavy atom. The van der Waals surface area contributed by atoms with Crippen molar-refractivity contribution in [3.05, 3.63) is 90.2 Å². The number of fused-ring (bicyclic) bond motifs is 1. The van der Waals surface area contributed by atoms with Crippen molar-refractivity contribution in [2.75, 3.05) is 11.9 Å². The summed E-state index contributed by atoms with van der Waals surface area (Å²) in [5, 5.41) is 3.94. The molecule has 1 amide bonds. The molecule has 1 heterocycles. The average molecular weight is 440 g/mol. The molecule has 4 aromatic rings. The van der Waals surface area contributed by atoms with E-state index in [4.69, 9.17) is 9.15 Å². The molecule has 0 atom stereocenters. The molecule has 0 aliphatic rings. The van der Waals surface area contributed by atoms with Crippen molar-refractivity contribution in [3.8, 4) is 16.9 Å². The Morgan fingerprint density at radius 2 is 1.79 bits per heavy atom. The third-order valence-corrected chi connectivity index (χ3v) is 5.68. The Labute approximate surface area is 194 Å². The summed E-state index contributed by atoms with van der Waals surface area (Å²) in [6, 6.07) is 22.0. The Morgan fingerprint density at radius 1 is 1.06 bits per heavy atom. The molecule has 0 unspecified atom stereocenters. The molecule has 0 saturated carbocycles. The van der Waals surface area contributed by atoms with Crippen LogP contribution in [0.15, 0.2) is 83.5 Å². The molecular weight excluding hydrogens is 410 g/mol. The number of rotatable bonds is 7. The van der Waals surface area contributed by atoms with Crippen LogP contribution in [0.5, 0.6) is 5.75 Å². The summed E-state index contributed by atoms with van der Waals surface area (Å²) in [4.78, 5) is 12.7. The molecular formula is C29H29NO3. The van der Waals surface area contributed by atoms with Gasteiger partial charge in [-0.2, -0.15) is 0 Å². The number of hydrogen-bond acceptors (Lipinski definition) is 3. The molecule has 4 nitrogen and oxygen atoms in total. The van der Waals surface area contributed by atoms with Crippen LogP contribution in [0.25, 0.3) is 27.7 Å². The first kappa shape index (κ1) is 22.4. The highest BCUT2D eigenvalue weighted by atomic mass is 16.5. The normalized spacial score (nSPS) is 11.7. The monoisotopic (exact) mass is 439 g/mol. The zero-order chi connectivity index (χ0) is 23.4. The molecule has 0 bridgehead atoms. The minimum Gasteiger partial charge on any atom is -0.493 e. The van der Waals surface area contributed by atoms with Crippen molar-refractivity contribution in [3.63, 3.8) is 0 Å². The first-order valence-corrected chi connectivity index (χ1v) is 11.3. The lowest BCUT2D eigenvalue weighted by Gasteiger charge is -2.12. The number of carbonyl (C=O) groups is 1. The zero-order valence-electron chi connectivity index (χ0n) is 19.5. The van der Waals surface area contributed by atoms with E-state index < -0.39 is 0 Å². The molecule has 0 aliphatic carbocycles. The minimum atomic E-state index is -0.178. The molecule has 33 heavy (non-hydrogen) atoms. The maximum Gasteiger partial charge on any atom is 0.248 e. The van der Waals surface area contributed by atoms with Crippen molar-refractivity contribution in [1.29, 1.82) is 0 Å². The fourth-order valence-electron chi connectivity index (χ4n) is 3.88. The number of benzene rings is 3. The van der Waals surface area contributed by atoms with E-state index in [1.54, 1.807) is 12.3 Å². The van der Waals surface area contributed by atoms with Gasteiger partial charge in [0, 0.05) is 34.3 Å². The van der Waals surface area contributed by atoms with Gasteiger partial charge in [0.05, 0.1) is 12.9 Å². The molecule has 0 fully saturated rings. The van der Waals surface area contributed by atoms with Gasteiger partial charge in [0.2, 0.25) is 5.91 Å². The number of furan rings is 1. The molecule has 4 heteroatoms. The summed E-state index contributed by atoms with van der Waals surface area (Å²) in [6.45, 7) is 8.68. The van der Waals surface area contributed by atoms with Gasteiger partial charge in [0.15, 0.2) is 0 Å². The van der Waals surface area contributed by atoms with E-state index in [0.717, 1.165) is 38.9 Å². The second kappa shape index (κ2) is 9.78. The van der Waals surface area contributed by atoms with Crippen LogP contribution in [0.4, 0.5) is 5.69 Å². The Bertz CT molecular complexity index is 1280. The summed E-state index contributed by atoms with van der Waals surface area (Å²) in [7, 11) is 0. The number of allylic oxidation sites excluding steroid dienone is 1. The smallest absolute Gasteiger partial charge is 0.248 e. The van der Waals surface area contributed by atoms with E-state index in [2.05, 4.69) is 31.3 Å². The Balaban J connectivity index is 1.66. The van der Waals surface area contributed by atoms with Crippen molar-refractivity contribution < 1.29 is 13.9 Å². The molecule has 3 aromatic carbocycles. The van der Waals surface area contributed by atoms with E-state index in [1.807, 2.05) is 68.4 Å². The van der Waals surface area contributed by atoms with Gasteiger partial charge in [-0.05, 0) is 54.7 Å². The van der Waals surface area contributed by atoms with Gasteiger partial charge in [0.1, 0.15) is 11.3 Å². The number of hydrogen-bond donors (Lipinski definition) is 1. The van der Waals surface area contributed by atoms with Crippen LogP contribution in [-0.2, 0) is 4.79 Å². The van der Waals surface area contributed by atoms with Gasteiger partial charge in [-0.1, -0.05) is 56.3 Å². The number of ether oxygens (including phenoxy) is 1. The first-order valence-electron chi connectivity index (χ1n) is 11.3. The Hall–Kier alpha value is -3.79. The van der Waals surface area contributed by atoms with Gasteiger partial charge in [-0.15, -0.1) is 0 Å². The predicted molar refractivity (Wildman–Crippen MR) is 136 cm³/mol. The lowest BCUT2D eigenvalue weighted by atomic mass is 9.99. The number of nitrogens with one attached hydrogen (secondary N) is 1. The van der Waals surface area contributed by atoms with Crippen LogP contribution < -0.4 is 10.1 Å². The molecule has 1 aromatic heterocycles. The second-order valence-corrected chi connectivity index (χ2v) is 8.39. The van der Waals surface area contributed by atoms with E-state index in [0.29, 0.717) is 18.3 Å². The van der Waals surface area contributed by atoms with E-state index in [-0.39, 0.29) is 5.91 Å². The van der Waals surface area contributed by atoms with Gasteiger partial charge < -0.3 is 14.5 Å². The van der Waals surface area contributed by atoms with Crippen LogP contribution >= 0.6 is 0 Å². The highest BCUT2D eigenvalue weighted by Gasteiger charge is 2.15. The molecule has 0 spiro atoms. The van der Waals surface area contributed by atoms with Gasteiger partial charge in [0.25, 0.3) is 0 Å². The van der Waals surface area contributed by atoms with Crippen LogP contribution in [0.3, 0.4) is 0 Å². The summed E-state index contributed by atoms with van der Waals surface area (Å²) >= 11 is 0. The van der Waals surface area contributed by atoms with Crippen molar-refractivity contribution in [2.45, 2.75) is 33.6 Å². The first-order chi connectivity index (χ1) is 16.0. The van der Waals surface area contributed by atoms with Crippen molar-refractivity contribution in [2.24, 2.45) is 0 Å². The van der Waals surface area contributed by atoms with Gasteiger partial charge >= 0.3 is 0 Å². The molecule has 1 N–H and O–H groups in total. The lowest BCUT2D eigenvalue weighted by molar-refractivity contribution is -0.111. The lowest BCUT2D eigenvalue weighted by Crippen LogP contribution is -2.09. The van der Waals surface area contributed by atoms with Crippen LogP contribution in [-0.4, -0.2) is 12.5 Å². The van der Waals surface area contributed by atoms with Crippen molar-refractivity contribution >= 4 is 28.1 Å². The van der Waals surface area contributed by atoms with Gasteiger partial charge in [-0.25, -0.2) is 0 Å². The Kier molecular flexibility index (Phi) is 6.64. The van der Waals surface area contributed by atoms with E-state index >= 15 is 0 Å². The predicted octanol–water partition coefficient (Wildman–Crippen LogP) is 7.66. The molecule has 168 valence electrons. The summed E-state index contributed by atoms with van der Waals surface area (Å²) in [5.41, 5.74) is 6.54. The van der Waals surface area contributed by atoms with Gasteiger partial charge in [-0.3, -0.25) is 4.79 Å². The molecule has 4 rings (SSSR count). The third-order valence-electron chi connectivity index (χ3n) is 5.68. The third kappa shape index (κ3) is 5.01. The molecule has 0 aliphatic heterocycles. The summed E-state index contributed by atoms with van der Waals surface area (Å²) in [5.74, 6) is 0.970. The highest BCUT2D eigenvalue weighted by molar-refractivity contribution is 6.05. The van der Waals surface area contributed by atoms with Crippen LogP contribution in [0.2, 0.25) is 0 Å².